The lowest BCUT2D eigenvalue weighted by Crippen LogP contribution is -2.20. The molecule has 0 saturated carbocycles. The van der Waals surface area contributed by atoms with Crippen molar-refractivity contribution in [3.8, 4) is 17.2 Å². The van der Waals surface area contributed by atoms with Gasteiger partial charge in [0.05, 0.1) is 17.4 Å². The van der Waals surface area contributed by atoms with E-state index in [-0.39, 0.29) is 24.7 Å². The Morgan fingerprint density at radius 2 is 1.94 bits per heavy atom. The van der Waals surface area contributed by atoms with E-state index < -0.39 is 5.63 Å². The van der Waals surface area contributed by atoms with Gasteiger partial charge in [0.2, 0.25) is 12.7 Å². The van der Waals surface area contributed by atoms with Gasteiger partial charge in [-0.05, 0) is 61.7 Å². The van der Waals surface area contributed by atoms with Gasteiger partial charge < -0.3 is 23.9 Å². The lowest BCUT2D eigenvalue weighted by molar-refractivity contribution is -0.115. The number of amides is 1. The number of aryl methyl sites for hydroxylation is 2. The van der Waals surface area contributed by atoms with Crippen molar-refractivity contribution in [3.63, 3.8) is 0 Å². The number of hydrogen-bond donors (Lipinski definition) is 1. The summed E-state index contributed by atoms with van der Waals surface area (Å²) in [5.41, 5.74) is 3.16. The number of ether oxygens (including phenoxy) is 3. The number of hydrogen-bond acceptors (Lipinski definition) is 6. The summed E-state index contributed by atoms with van der Waals surface area (Å²) >= 11 is 0. The second-order valence-electron chi connectivity index (χ2n) is 7.67. The highest BCUT2D eigenvalue weighted by Crippen LogP contribution is 2.34. The topological polar surface area (TPSA) is 87.0 Å². The number of fused-ring (bicyclic) bond motifs is 2. The average molecular weight is 421 g/mol. The first-order valence-corrected chi connectivity index (χ1v) is 9.85. The van der Waals surface area contributed by atoms with E-state index in [0.29, 0.717) is 46.1 Å². The summed E-state index contributed by atoms with van der Waals surface area (Å²) in [6.07, 6.45) is -0.133. The van der Waals surface area contributed by atoms with Crippen LogP contribution in [0.2, 0.25) is 0 Å². The van der Waals surface area contributed by atoms with Crippen molar-refractivity contribution < 1.29 is 23.4 Å². The van der Waals surface area contributed by atoms with Crippen molar-refractivity contribution in [1.82, 2.24) is 0 Å². The molecule has 0 spiro atoms. The van der Waals surface area contributed by atoms with E-state index in [4.69, 9.17) is 18.6 Å². The zero-order valence-corrected chi connectivity index (χ0v) is 17.7. The largest absolute Gasteiger partial charge is 0.488 e. The van der Waals surface area contributed by atoms with Crippen LogP contribution in [0.3, 0.4) is 0 Å². The summed E-state index contributed by atoms with van der Waals surface area (Å²) < 4.78 is 22.0. The lowest BCUT2D eigenvalue weighted by Gasteiger charge is -2.14. The Balaban J connectivity index is 1.64. The predicted octanol–water partition coefficient (Wildman–Crippen LogP) is 4.27. The van der Waals surface area contributed by atoms with Crippen LogP contribution in [0, 0.1) is 13.8 Å². The summed E-state index contributed by atoms with van der Waals surface area (Å²) in [4.78, 5) is 25.3. The SMILES string of the molecule is C=C(C)COc1cc(C)cc2oc(=O)c(CC(=O)Nc3ccc4c(c3)OCO4)c(C)c12. The molecule has 0 bridgehead atoms. The molecule has 1 aliphatic rings. The summed E-state index contributed by atoms with van der Waals surface area (Å²) in [6.45, 7) is 9.92. The maximum absolute atomic E-state index is 12.7. The van der Waals surface area contributed by atoms with E-state index in [2.05, 4.69) is 11.9 Å². The van der Waals surface area contributed by atoms with Gasteiger partial charge in [-0.1, -0.05) is 6.58 Å². The van der Waals surface area contributed by atoms with E-state index in [1.165, 1.54) is 0 Å². The Labute approximate surface area is 179 Å². The molecule has 0 aliphatic carbocycles. The predicted molar refractivity (Wildman–Crippen MR) is 117 cm³/mol. The maximum Gasteiger partial charge on any atom is 0.340 e. The molecule has 4 rings (SSSR count). The molecule has 31 heavy (non-hydrogen) atoms. The molecule has 0 atom stereocenters. The molecule has 0 unspecified atom stereocenters. The first kappa shape index (κ1) is 20.5. The molecule has 1 aliphatic heterocycles. The number of nitrogens with one attached hydrogen (secondary N) is 1. The molecule has 7 nitrogen and oxygen atoms in total. The van der Waals surface area contributed by atoms with Gasteiger partial charge in [0.25, 0.3) is 0 Å². The van der Waals surface area contributed by atoms with Crippen LogP contribution < -0.4 is 25.2 Å². The molecule has 160 valence electrons. The van der Waals surface area contributed by atoms with Crippen LogP contribution in [0.25, 0.3) is 11.0 Å². The van der Waals surface area contributed by atoms with Gasteiger partial charge in [-0.3, -0.25) is 4.79 Å². The normalized spacial score (nSPS) is 12.1. The van der Waals surface area contributed by atoms with Crippen molar-refractivity contribution in [3.05, 3.63) is 69.6 Å². The van der Waals surface area contributed by atoms with Crippen molar-refractivity contribution in [2.24, 2.45) is 0 Å². The number of rotatable bonds is 6. The van der Waals surface area contributed by atoms with Crippen molar-refractivity contribution >= 4 is 22.6 Å². The zero-order chi connectivity index (χ0) is 22.1. The third-order valence-corrected chi connectivity index (χ3v) is 4.95. The van der Waals surface area contributed by atoms with Crippen LogP contribution >= 0.6 is 0 Å². The molecule has 7 heteroatoms. The molecule has 2 heterocycles. The minimum Gasteiger partial charge on any atom is -0.488 e. The molecule has 0 radical (unpaired) electrons. The summed E-state index contributed by atoms with van der Waals surface area (Å²) in [5, 5.41) is 3.47. The van der Waals surface area contributed by atoms with E-state index in [9.17, 15) is 9.59 Å². The molecular formula is C24H23NO6. The minimum atomic E-state index is -0.540. The molecule has 2 aromatic carbocycles. The van der Waals surface area contributed by atoms with Gasteiger partial charge in [-0.15, -0.1) is 0 Å². The third-order valence-electron chi connectivity index (χ3n) is 4.95. The fourth-order valence-electron chi connectivity index (χ4n) is 3.50. The van der Waals surface area contributed by atoms with Crippen LogP contribution in [0.5, 0.6) is 17.2 Å². The second-order valence-corrected chi connectivity index (χ2v) is 7.67. The molecule has 0 fully saturated rings. The fourth-order valence-corrected chi connectivity index (χ4v) is 3.50. The van der Waals surface area contributed by atoms with E-state index in [1.807, 2.05) is 19.9 Å². The van der Waals surface area contributed by atoms with Crippen LogP contribution in [-0.2, 0) is 11.2 Å². The first-order valence-electron chi connectivity index (χ1n) is 9.85. The summed E-state index contributed by atoms with van der Waals surface area (Å²) in [5.74, 6) is 1.44. The van der Waals surface area contributed by atoms with E-state index in [1.54, 1.807) is 31.2 Å². The first-order chi connectivity index (χ1) is 14.8. The van der Waals surface area contributed by atoms with Crippen LogP contribution in [0.15, 0.2) is 51.7 Å². The highest BCUT2D eigenvalue weighted by Gasteiger charge is 2.19. The van der Waals surface area contributed by atoms with Gasteiger partial charge in [-0.25, -0.2) is 4.79 Å². The molecule has 3 aromatic rings. The standard InChI is InChI=1S/C24H23NO6/c1-13(2)11-28-20-7-14(3)8-21-23(20)15(4)17(24(27)31-21)10-22(26)25-16-5-6-18-19(9-16)30-12-29-18/h5-9H,1,10-12H2,2-4H3,(H,25,26). The molecular weight excluding hydrogens is 398 g/mol. The maximum atomic E-state index is 12.7. The van der Waals surface area contributed by atoms with Gasteiger partial charge in [0, 0.05) is 11.8 Å². The average Bonchev–Trinajstić information content (AvgIpc) is 3.16. The smallest absolute Gasteiger partial charge is 0.340 e. The van der Waals surface area contributed by atoms with Gasteiger partial charge in [0.1, 0.15) is 17.9 Å². The fraction of sp³-hybridized carbons (Fsp3) is 0.250. The van der Waals surface area contributed by atoms with Crippen molar-refractivity contribution in [2.45, 2.75) is 27.2 Å². The molecule has 0 saturated heterocycles. The number of anilines is 1. The van der Waals surface area contributed by atoms with Crippen LogP contribution in [0.1, 0.15) is 23.6 Å². The number of benzene rings is 2. The van der Waals surface area contributed by atoms with Gasteiger partial charge in [-0.2, -0.15) is 0 Å². The van der Waals surface area contributed by atoms with E-state index >= 15 is 0 Å². The lowest BCUT2D eigenvalue weighted by atomic mass is 10.0. The van der Waals surface area contributed by atoms with Gasteiger partial charge in [0.15, 0.2) is 11.5 Å². The highest BCUT2D eigenvalue weighted by molar-refractivity contribution is 5.94. The minimum absolute atomic E-state index is 0.133. The molecule has 1 N–H and O–H groups in total. The second kappa shape index (κ2) is 8.18. The summed E-state index contributed by atoms with van der Waals surface area (Å²) in [7, 11) is 0. The number of carbonyl (C=O) groups is 1. The van der Waals surface area contributed by atoms with Crippen molar-refractivity contribution in [1.29, 1.82) is 0 Å². The Morgan fingerprint density at radius 3 is 2.71 bits per heavy atom. The Morgan fingerprint density at radius 1 is 1.16 bits per heavy atom. The number of carbonyl (C=O) groups excluding carboxylic acids is 1. The van der Waals surface area contributed by atoms with Gasteiger partial charge >= 0.3 is 5.63 Å². The van der Waals surface area contributed by atoms with Crippen LogP contribution in [0.4, 0.5) is 5.69 Å². The van der Waals surface area contributed by atoms with E-state index in [0.717, 1.165) is 11.1 Å². The highest BCUT2D eigenvalue weighted by atomic mass is 16.7. The monoisotopic (exact) mass is 421 g/mol. The van der Waals surface area contributed by atoms with Crippen molar-refractivity contribution in [2.75, 3.05) is 18.7 Å². The Kier molecular flexibility index (Phi) is 5.42. The Hall–Kier alpha value is -3.74. The third kappa shape index (κ3) is 4.26. The summed E-state index contributed by atoms with van der Waals surface area (Å²) in [6, 6.07) is 8.79. The Bertz CT molecular complexity index is 1260. The molecule has 1 aromatic heterocycles. The quantitative estimate of drug-likeness (QED) is 0.472. The molecule has 1 amide bonds. The van der Waals surface area contributed by atoms with Crippen LogP contribution in [-0.4, -0.2) is 19.3 Å². The zero-order valence-electron chi connectivity index (χ0n) is 17.7.